The van der Waals surface area contributed by atoms with E-state index in [1.807, 2.05) is 19.1 Å². The number of aromatic nitrogens is 2. The van der Waals surface area contributed by atoms with Gasteiger partial charge in [0.2, 0.25) is 5.91 Å². The molecule has 2 rings (SSSR count). The zero-order chi connectivity index (χ0) is 14.4. The van der Waals surface area contributed by atoms with Gasteiger partial charge in [-0.25, -0.2) is 0 Å². The van der Waals surface area contributed by atoms with Crippen LogP contribution in [0.3, 0.4) is 0 Å². The summed E-state index contributed by atoms with van der Waals surface area (Å²) >= 11 is 0. The van der Waals surface area contributed by atoms with E-state index in [9.17, 15) is 4.79 Å². The second kappa shape index (κ2) is 6.60. The Morgan fingerprint density at radius 3 is 3.00 bits per heavy atom. The van der Waals surface area contributed by atoms with E-state index in [2.05, 4.69) is 15.5 Å². The number of anilines is 1. The minimum absolute atomic E-state index is 0.0757. The number of benzene rings is 1. The topological polar surface area (TPSA) is 93.0 Å². The van der Waals surface area contributed by atoms with Crippen LogP contribution in [0.25, 0.3) is 0 Å². The summed E-state index contributed by atoms with van der Waals surface area (Å²) in [6.45, 7) is 2.19. The molecule has 6 nitrogen and oxygen atoms in total. The van der Waals surface area contributed by atoms with Crippen LogP contribution in [-0.2, 0) is 4.79 Å². The van der Waals surface area contributed by atoms with Crippen molar-refractivity contribution in [2.45, 2.75) is 19.4 Å². The predicted molar refractivity (Wildman–Crippen MR) is 76.1 cm³/mol. The quantitative estimate of drug-likeness (QED) is 0.698. The maximum Gasteiger partial charge on any atom is 0.223 e. The zero-order valence-electron chi connectivity index (χ0n) is 11.3. The first-order valence-electron chi connectivity index (χ1n) is 6.42. The van der Waals surface area contributed by atoms with Crippen molar-refractivity contribution >= 4 is 11.6 Å². The molecule has 1 unspecified atom stereocenters. The van der Waals surface area contributed by atoms with Crippen LogP contribution in [0, 0.1) is 0 Å². The number of nitrogens with one attached hydrogen (secondary N) is 2. The predicted octanol–water partition coefficient (Wildman–Crippen LogP) is 1.64. The maximum absolute atomic E-state index is 11.8. The Kier molecular flexibility index (Phi) is 4.60. The van der Waals surface area contributed by atoms with Gasteiger partial charge < -0.3 is 15.8 Å². The second-order valence-electron chi connectivity index (χ2n) is 4.46. The summed E-state index contributed by atoms with van der Waals surface area (Å²) in [6, 6.07) is 7.13. The summed E-state index contributed by atoms with van der Waals surface area (Å²) in [4.78, 5) is 11.8. The van der Waals surface area contributed by atoms with Gasteiger partial charge in [0.25, 0.3) is 0 Å². The normalized spacial score (nSPS) is 11.8. The van der Waals surface area contributed by atoms with Gasteiger partial charge in [-0.05, 0) is 19.1 Å². The van der Waals surface area contributed by atoms with Crippen molar-refractivity contribution in [3.63, 3.8) is 0 Å². The van der Waals surface area contributed by atoms with Crippen LogP contribution < -0.4 is 15.8 Å². The van der Waals surface area contributed by atoms with Gasteiger partial charge >= 0.3 is 0 Å². The van der Waals surface area contributed by atoms with Gasteiger partial charge in [-0.2, -0.15) is 5.10 Å². The summed E-state index contributed by atoms with van der Waals surface area (Å²) < 4.78 is 5.48. The minimum atomic E-state index is -0.0805. The fourth-order valence-corrected chi connectivity index (χ4v) is 1.76. The molecule has 20 heavy (non-hydrogen) atoms. The Morgan fingerprint density at radius 1 is 1.50 bits per heavy atom. The summed E-state index contributed by atoms with van der Waals surface area (Å²) in [6.07, 6.45) is 3.72. The van der Waals surface area contributed by atoms with E-state index in [0.29, 0.717) is 11.4 Å². The summed E-state index contributed by atoms with van der Waals surface area (Å²) in [5.41, 5.74) is 7.25. The molecule has 106 valence electrons. The van der Waals surface area contributed by atoms with Crippen LogP contribution in [0.15, 0.2) is 36.7 Å². The number of nitrogens with zero attached hydrogens (tertiary/aromatic N) is 1. The number of hydrogen-bond acceptors (Lipinski definition) is 4. The number of rotatable bonds is 6. The molecular weight excluding hydrogens is 256 g/mol. The molecule has 0 saturated heterocycles. The Morgan fingerprint density at radius 2 is 2.30 bits per heavy atom. The highest BCUT2D eigenvalue weighted by Crippen LogP contribution is 2.19. The summed E-state index contributed by atoms with van der Waals surface area (Å²) in [7, 11) is 0. The molecule has 0 aliphatic rings. The van der Waals surface area contributed by atoms with Crippen LogP contribution in [0.5, 0.6) is 5.75 Å². The third-order valence-electron chi connectivity index (χ3n) is 2.90. The fraction of sp³-hybridized carbons (Fsp3) is 0.286. The van der Waals surface area contributed by atoms with E-state index in [-0.39, 0.29) is 25.0 Å². The molecule has 1 heterocycles. The molecule has 0 spiro atoms. The SMILES string of the molecule is CC(NC(=O)CCOc1ccccc1N)c1cn[nH]c1. The highest BCUT2D eigenvalue weighted by molar-refractivity contribution is 5.76. The molecule has 0 saturated carbocycles. The second-order valence-corrected chi connectivity index (χ2v) is 4.46. The lowest BCUT2D eigenvalue weighted by atomic mass is 10.2. The molecule has 0 aliphatic heterocycles. The Labute approximate surface area is 117 Å². The third-order valence-corrected chi connectivity index (χ3v) is 2.90. The number of hydrogen-bond donors (Lipinski definition) is 3. The van der Waals surface area contributed by atoms with Crippen molar-refractivity contribution in [1.29, 1.82) is 0 Å². The monoisotopic (exact) mass is 274 g/mol. The Balaban J connectivity index is 1.74. The largest absolute Gasteiger partial charge is 0.491 e. The third kappa shape index (κ3) is 3.74. The number of nitrogens with two attached hydrogens (primary N) is 1. The standard InChI is InChI=1S/C14H18N4O2/c1-10(11-8-16-17-9-11)18-14(19)6-7-20-13-5-3-2-4-12(13)15/h2-5,8-10H,6-7,15H2,1H3,(H,16,17)(H,18,19). The average Bonchev–Trinajstić information content (AvgIpc) is 2.95. The highest BCUT2D eigenvalue weighted by atomic mass is 16.5. The molecule has 1 amide bonds. The van der Waals surface area contributed by atoms with E-state index in [1.165, 1.54) is 0 Å². The summed E-state index contributed by atoms with van der Waals surface area (Å²) in [5, 5.41) is 9.44. The van der Waals surface area contributed by atoms with Crippen molar-refractivity contribution in [3.8, 4) is 5.75 Å². The molecular formula is C14H18N4O2. The van der Waals surface area contributed by atoms with E-state index < -0.39 is 0 Å². The molecule has 1 atom stereocenters. The van der Waals surface area contributed by atoms with Crippen LogP contribution >= 0.6 is 0 Å². The molecule has 0 radical (unpaired) electrons. The molecule has 1 aromatic heterocycles. The number of H-pyrrole nitrogens is 1. The lowest BCUT2D eigenvalue weighted by Gasteiger charge is -2.12. The molecule has 6 heteroatoms. The van der Waals surface area contributed by atoms with Crippen LogP contribution in [0.2, 0.25) is 0 Å². The van der Waals surface area contributed by atoms with Gasteiger partial charge in [-0.15, -0.1) is 0 Å². The number of amides is 1. The molecule has 0 bridgehead atoms. The van der Waals surface area contributed by atoms with Gasteiger partial charge in [0.15, 0.2) is 0 Å². The first kappa shape index (κ1) is 13.9. The van der Waals surface area contributed by atoms with Crippen molar-refractivity contribution in [3.05, 3.63) is 42.2 Å². The van der Waals surface area contributed by atoms with Crippen molar-refractivity contribution in [2.75, 3.05) is 12.3 Å². The minimum Gasteiger partial charge on any atom is -0.491 e. The first-order chi connectivity index (χ1) is 9.66. The number of nitrogen functional groups attached to an aromatic ring is 1. The number of para-hydroxylation sites is 2. The van der Waals surface area contributed by atoms with Crippen molar-refractivity contribution in [1.82, 2.24) is 15.5 Å². The van der Waals surface area contributed by atoms with Crippen LogP contribution in [0.4, 0.5) is 5.69 Å². The lowest BCUT2D eigenvalue weighted by molar-refractivity contribution is -0.122. The van der Waals surface area contributed by atoms with Crippen molar-refractivity contribution in [2.24, 2.45) is 0 Å². The number of carbonyl (C=O) groups excluding carboxylic acids is 1. The molecule has 2 aromatic rings. The number of ether oxygens (including phenoxy) is 1. The van der Waals surface area contributed by atoms with Gasteiger partial charge in [-0.1, -0.05) is 12.1 Å². The summed E-state index contributed by atoms with van der Waals surface area (Å²) in [5.74, 6) is 0.524. The van der Waals surface area contributed by atoms with E-state index in [4.69, 9.17) is 10.5 Å². The van der Waals surface area contributed by atoms with Crippen LogP contribution in [0.1, 0.15) is 24.9 Å². The molecule has 1 aromatic carbocycles. The van der Waals surface area contributed by atoms with Crippen molar-refractivity contribution < 1.29 is 9.53 Å². The fourth-order valence-electron chi connectivity index (χ4n) is 1.76. The van der Waals surface area contributed by atoms with Crippen LogP contribution in [-0.4, -0.2) is 22.7 Å². The smallest absolute Gasteiger partial charge is 0.223 e. The van der Waals surface area contributed by atoms with E-state index in [0.717, 1.165) is 5.56 Å². The Hall–Kier alpha value is -2.50. The van der Waals surface area contributed by atoms with Gasteiger partial charge in [-0.3, -0.25) is 9.89 Å². The lowest BCUT2D eigenvalue weighted by Crippen LogP contribution is -2.27. The highest BCUT2D eigenvalue weighted by Gasteiger charge is 2.10. The van der Waals surface area contributed by atoms with Gasteiger partial charge in [0, 0.05) is 11.8 Å². The van der Waals surface area contributed by atoms with Gasteiger partial charge in [0.1, 0.15) is 5.75 Å². The van der Waals surface area contributed by atoms with Gasteiger partial charge in [0.05, 0.1) is 31.0 Å². The van der Waals surface area contributed by atoms with E-state index in [1.54, 1.807) is 24.5 Å². The maximum atomic E-state index is 11.8. The van der Waals surface area contributed by atoms with E-state index >= 15 is 0 Å². The molecule has 0 aliphatic carbocycles. The average molecular weight is 274 g/mol. The number of aromatic amines is 1. The zero-order valence-corrected chi connectivity index (χ0v) is 11.3. The first-order valence-corrected chi connectivity index (χ1v) is 6.42. The number of carbonyl (C=O) groups is 1. The molecule has 4 N–H and O–H groups in total. The Bertz CT molecular complexity index is 554. The molecule has 0 fully saturated rings.